The van der Waals surface area contributed by atoms with Crippen LogP contribution in [0.2, 0.25) is 0 Å². The van der Waals surface area contributed by atoms with Crippen LogP contribution in [-0.4, -0.2) is 36.8 Å². The number of carbonyl (C=O) groups excluding carboxylic acids is 1. The molecule has 2 aromatic rings. The van der Waals surface area contributed by atoms with Gasteiger partial charge in [0.15, 0.2) is 9.84 Å². The van der Waals surface area contributed by atoms with E-state index in [9.17, 15) is 13.2 Å². The Morgan fingerprint density at radius 1 is 1.07 bits per heavy atom. The molecule has 0 fully saturated rings. The lowest BCUT2D eigenvalue weighted by molar-refractivity contribution is -0.130. The Morgan fingerprint density at radius 3 is 2.61 bits per heavy atom. The molecule has 0 saturated carbocycles. The molecule has 0 radical (unpaired) electrons. The summed E-state index contributed by atoms with van der Waals surface area (Å²) in [5.74, 6) is 0.228. The van der Waals surface area contributed by atoms with Crippen LogP contribution in [0.1, 0.15) is 23.1 Å². The van der Waals surface area contributed by atoms with E-state index in [0.29, 0.717) is 12.3 Å². The molecular weight excluding hydrogens is 390 g/mol. The Balaban J connectivity index is 1.47. The number of thioether (sulfide) groups is 1. The van der Waals surface area contributed by atoms with Gasteiger partial charge in [-0.25, -0.2) is 8.42 Å². The molecule has 0 saturated heterocycles. The minimum atomic E-state index is -3.22. The summed E-state index contributed by atoms with van der Waals surface area (Å²) < 4.78 is 23.8. The average molecular weight is 414 g/mol. The van der Waals surface area contributed by atoms with Gasteiger partial charge >= 0.3 is 0 Å². The summed E-state index contributed by atoms with van der Waals surface area (Å²) >= 11 is 1.53. The molecule has 1 amide bonds. The number of aryl methyl sites for hydroxylation is 2. The van der Waals surface area contributed by atoms with Gasteiger partial charge in [-0.05, 0) is 54.2 Å². The van der Waals surface area contributed by atoms with Gasteiger partial charge in [0.05, 0.1) is 17.5 Å². The standard InChI is InChI=1S/C22H23NO3S2/c24-22(15-27-21-10-9-18-7-4-8-19(18)13-21)23(14-17-5-2-1-3-6-17)20-11-12-28(25,26)16-20/h1-3,5-6,9-13,20H,4,7-8,14-16H2/t20-/m1/s1. The molecule has 1 aliphatic heterocycles. The van der Waals surface area contributed by atoms with Gasteiger partial charge in [-0.3, -0.25) is 4.79 Å². The van der Waals surface area contributed by atoms with Crippen molar-refractivity contribution in [3.8, 4) is 0 Å². The number of nitrogens with zero attached hydrogens (tertiary/aromatic N) is 1. The molecule has 146 valence electrons. The minimum absolute atomic E-state index is 0.0327. The summed E-state index contributed by atoms with van der Waals surface area (Å²) in [5, 5.41) is 1.23. The van der Waals surface area contributed by atoms with Crippen molar-refractivity contribution in [1.82, 2.24) is 4.90 Å². The number of carbonyl (C=O) groups is 1. The van der Waals surface area contributed by atoms with Crippen molar-refractivity contribution in [3.05, 3.63) is 76.7 Å². The predicted octanol–water partition coefficient (Wildman–Crippen LogP) is 3.61. The van der Waals surface area contributed by atoms with Crippen molar-refractivity contribution in [3.63, 3.8) is 0 Å². The molecule has 4 nitrogen and oxygen atoms in total. The number of rotatable bonds is 6. The smallest absolute Gasteiger partial charge is 0.233 e. The monoisotopic (exact) mass is 413 g/mol. The molecule has 0 bridgehead atoms. The average Bonchev–Trinajstić information content (AvgIpc) is 3.30. The normalized spacial score (nSPS) is 19.5. The van der Waals surface area contributed by atoms with E-state index in [1.54, 1.807) is 11.0 Å². The highest BCUT2D eigenvalue weighted by Crippen LogP contribution is 2.28. The van der Waals surface area contributed by atoms with E-state index in [2.05, 4.69) is 18.2 Å². The zero-order chi connectivity index (χ0) is 19.6. The fraction of sp³-hybridized carbons (Fsp3) is 0.318. The highest BCUT2D eigenvalue weighted by atomic mass is 32.2. The lowest BCUT2D eigenvalue weighted by Gasteiger charge is -2.27. The van der Waals surface area contributed by atoms with Crippen LogP contribution in [0.3, 0.4) is 0 Å². The quantitative estimate of drug-likeness (QED) is 0.679. The zero-order valence-corrected chi connectivity index (χ0v) is 17.2. The molecule has 6 heteroatoms. The first-order valence-electron chi connectivity index (χ1n) is 9.49. The summed E-state index contributed by atoms with van der Waals surface area (Å²) in [5.41, 5.74) is 3.81. The molecule has 1 aliphatic carbocycles. The van der Waals surface area contributed by atoms with Crippen LogP contribution in [-0.2, 0) is 34.0 Å². The second-order valence-corrected chi connectivity index (χ2v) is 10.3. The van der Waals surface area contributed by atoms with Crippen LogP contribution in [0.5, 0.6) is 0 Å². The number of fused-ring (bicyclic) bond motifs is 1. The third kappa shape index (κ3) is 4.50. The largest absolute Gasteiger partial charge is 0.330 e. The highest BCUT2D eigenvalue weighted by Gasteiger charge is 2.30. The molecule has 0 unspecified atom stereocenters. The first kappa shape index (κ1) is 19.3. The van der Waals surface area contributed by atoms with Gasteiger partial charge in [-0.1, -0.05) is 36.4 Å². The lowest BCUT2D eigenvalue weighted by Crippen LogP contribution is -2.41. The van der Waals surface area contributed by atoms with E-state index in [-0.39, 0.29) is 11.7 Å². The van der Waals surface area contributed by atoms with E-state index in [1.165, 1.54) is 34.7 Å². The maximum absolute atomic E-state index is 13.0. The van der Waals surface area contributed by atoms with Crippen molar-refractivity contribution < 1.29 is 13.2 Å². The summed E-state index contributed by atoms with van der Waals surface area (Å²) in [6.45, 7) is 0.412. The van der Waals surface area contributed by atoms with Crippen molar-refractivity contribution in [1.29, 1.82) is 0 Å². The second kappa shape index (κ2) is 8.13. The lowest BCUT2D eigenvalue weighted by atomic mass is 10.1. The van der Waals surface area contributed by atoms with E-state index < -0.39 is 15.9 Å². The Hall–Kier alpha value is -2.05. The van der Waals surface area contributed by atoms with Crippen LogP contribution < -0.4 is 0 Å². The van der Waals surface area contributed by atoms with Crippen molar-refractivity contribution in [2.75, 3.05) is 11.5 Å². The Kier molecular flexibility index (Phi) is 5.60. The van der Waals surface area contributed by atoms with Gasteiger partial charge < -0.3 is 4.90 Å². The van der Waals surface area contributed by atoms with Gasteiger partial charge in [-0.2, -0.15) is 0 Å². The molecule has 0 spiro atoms. The molecule has 1 atom stereocenters. The van der Waals surface area contributed by atoms with E-state index >= 15 is 0 Å². The first-order chi connectivity index (χ1) is 13.5. The maximum Gasteiger partial charge on any atom is 0.233 e. The fourth-order valence-corrected chi connectivity index (χ4v) is 5.93. The number of amides is 1. The maximum atomic E-state index is 13.0. The van der Waals surface area contributed by atoms with Gasteiger partial charge in [0, 0.05) is 16.8 Å². The van der Waals surface area contributed by atoms with E-state index in [4.69, 9.17) is 0 Å². The van der Waals surface area contributed by atoms with Crippen LogP contribution in [0.25, 0.3) is 0 Å². The zero-order valence-electron chi connectivity index (χ0n) is 15.6. The molecule has 28 heavy (non-hydrogen) atoms. The van der Waals surface area contributed by atoms with Crippen molar-refractivity contribution >= 4 is 27.5 Å². The second-order valence-electron chi connectivity index (χ2n) is 7.31. The van der Waals surface area contributed by atoms with Crippen LogP contribution >= 0.6 is 11.8 Å². The number of hydrogen-bond acceptors (Lipinski definition) is 4. The van der Waals surface area contributed by atoms with Crippen molar-refractivity contribution in [2.45, 2.75) is 36.7 Å². The van der Waals surface area contributed by atoms with Crippen LogP contribution in [0.4, 0.5) is 0 Å². The Labute approximate surface area is 170 Å². The SMILES string of the molecule is O=C(CSc1ccc2c(c1)CCC2)N(Cc1ccccc1)[C@@H]1C=CS(=O)(=O)C1. The number of sulfone groups is 1. The topological polar surface area (TPSA) is 54.5 Å². The van der Waals surface area contributed by atoms with Crippen LogP contribution in [0, 0.1) is 0 Å². The van der Waals surface area contributed by atoms with Gasteiger partial charge in [0.2, 0.25) is 5.91 Å². The third-order valence-electron chi connectivity index (χ3n) is 5.26. The Morgan fingerprint density at radius 2 is 1.86 bits per heavy atom. The fourth-order valence-electron chi connectivity index (χ4n) is 3.79. The molecule has 1 heterocycles. The summed E-state index contributed by atoms with van der Waals surface area (Å²) in [4.78, 5) is 15.8. The van der Waals surface area contributed by atoms with E-state index in [1.807, 2.05) is 30.3 Å². The van der Waals surface area contributed by atoms with Gasteiger partial charge in [0.25, 0.3) is 0 Å². The summed E-state index contributed by atoms with van der Waals surface area (Å²) in [6, 6.07) is 15.8. The summed E-state index contributed by atoms with van der Waals surface area (Å²) in [7, 11) is -3.22. The molecule has 0 aromatic heterocycles. The molecule has 2 aromatic carbocycles. The summed E-state index contributed by atoms with van der Waals surface area (Å²) in [6.07, 6.45) is 5.10. The predicted molar refractivity (Wildman–Crippen MR) is 113 cm³/mol. The highest BCUT2D eigenvalue weighted by molar-refractivity contribution is 8.00. The van der Waals surface area contributed by atoms with Gasteiger partial charge in [-0.15, -0.1) is 11.8 Å². The molecular formula is C22H23NO3S2. The molecule has 2 aliphatic rings. The first-order valence-corrected chi connectivity index (χ1v) is 12.2. The number of benzene rings is 2. The molecule has 4 rings (SSSR count). The number of hydrogen-bond donors (Lipinski definition) is 0. The van der Waals surface area contributed by atoms with Gasteiger partial charge in [0.1, 0.15) is 0 Å². The molecule has 0 N–H and O–H groups in total. The minimum Gasteiger partial charge on any atom is -0.330 e. The van der Waals surface area contributed by atoms with Crippen molar-refractivity contribution in [2.24, 2.45) is 0 Å². The van der Waals surface area contributed by atoms with E-state index in [0.717, 1.165) is 23.3 Å². The Bertz CT molecular complexity index is 1000. The third-order valence-corrected chi connectivity index (χ3v) is 7.62. The van der Waals surface area contributed by atoms with Crippen LogP contribution in [0.15, 0.2) is 64.9 Å².